The van der Waals surface area contributed by atoms with E-state index < -0.39 is 36.2 Å². The van der Waals surface area contributed by atoms with Gasteiger partial charge < -0.3 is 39.8 Å². The summed E-state index contributed by atoms with van der Waals surface area (Å²) in [6.07, 6.45) is 3.48. The molecule has 3 fully saturated rings. The van der Waals surface area contributed by atoms with E-state index in [1.165, 1.54) is 19.8 Å². The van der Waals surface area contributed by atoms with Crippen LogP contribution in [0.15, 0.2) is 66.7 Å². The summed E-state index contributed by atoms with van der Waals surface area (Å²) in [5.74, 6) is -0.733. The molecule has 3 aromatic carbocycles. The number of methoxy groups -OCH3 is 2. The van der Waals surface area contributed by atoms with Gasteiger partial charge in [-0.2, -0.15) is 0 Å². The van der Waals surface area contributed by atoms with Gasteiger partial charge in [0.05, 0.1) is 43.4 Å². The van der Waals surface area contributed by atoms with E-state index in [-0.39, 0.29) is 47.2 Å². The number of nitrogens with one attached hydrogen (secondary N) is 4. The third-order valence-corrected chi connectivity index (χ3v) is 13.4. The quantitative estimate of drug-likeness (QED) is 0.109. The van der Waals surface area contributed by atoms with Gasteiger partial charge in [0.1, 0.15) is 23.9 Å². The lowest BCUT2D eigenvalue weighted by Crippen LogP contribution is -2.54. The molecule has 3 saturated heterocycles. The van der Waals surface area contributed by atoms with Gasteiger partial charge in [-0.3, -0.25) is 19.7 Å². The molecule has 7 rings (SSSR count). The number of nitrogens with zero attached hydrogens (tertiary/aromatic N) is 4. The number of H-pyrrole nitrogens is 1. The number of rotatable bonds is 12. The molecule has 65 heavy (non-hydrogen) atoms. The first-order chi connectivity index (χ1) is 31.0. The zero-order valence-electron chi connectivity index (χ0n) is 39.3. The molecule has 0 aliphatic carbocycles. The largest absolute Gasteiger partial charge is 0.453 e. The lowest BCUT2D eigenvalue weighted by molar-refractivity contribution is -0.135. The Labute approximate surface area is 382 Å². The zero-order valence-corrected chi connectivity index (χ0v) is 39.3. The average molecular weight is 891 g/mol. The first-order valence-corrected chi connectivity index (χ1v) is 23.1. The number of imide groups is 1. The Bertz CT molecular complexity index is 2360. The second kappa shape index (κ2) is 19.5. The highest BCUT2D eigenvalue weighted by Gasteiger charge is 2.40. The van der Waals surface area contributed by atoms with Crippen LogP contribution in [0.3, 0.4) is 0 Å². The number of likely N-dealkylation sites (tertiary alicyclic amines) is 1. The standard InChI is InChI=1S/C50H66N8O7/c1-29(2)42(53-48(62)64-8)46(60)55-45(59)41-13-11-26-56(41)34-19-14-31(15-20-34)38-24-25-39(58(38)35-21-17-33(18-22-35)50(5,6)7)32-16-23-36-37(28-32)52-44(51-36)40-12-10-27-57(40)47(61)43(30(3)4)54-49(63)65-9/h14-23,28-30,38-43H,10-13,24-27H2,1-9H3,(H,51,52)(H,53,62)(H,54,63)(H,55,59,60)/t38-,39-,40+,41+,42+,43+/m1/s1. The molecule has 4 aromatic rings. The second-order valence-corrected chi connectivity index (χ2v) is 19.4. The Morgan fingerprint density at radius 2 is 1.29 bits per heavy atom. The van der Waals surface area contributed by atoms with Crippen LogP contribution in [0, 0.1) is 11.8 Å². The molecule has 0 saturated carbocycles. The van der Waals surface area contributed by atoms with Crippen molar-refractivity contribution in [1.82, 2.24) is 30.8 Å². The maximum Gasteiger partial charge on any atom is 0.407 e. The predicted molar refractivity (Wildman–Crippen MR) is 250 cm³/mol. The Hall–Kier alpha value is -6.12. The SMILES string of the molecule is COC(=O)N[C@H](C(=O)NC(=O)[C@@H]1CCCN1c1ccc([C@H]2CC[C@H](c3ccc4nc([C@@H]5CCCN5C(=O)[C@@H](NC(=O)OC)C(C)C)[nH]c4c3)N2c2ccc(C(C)(C)C)cc2)cc1)C(C)C. The molecule has 4 heterocycles. The first kappa shape index (κ1) is 46.9. The van der Waals surface area contributed by atoms with Crippen LogP contribution in [-0.2, 0) is 29.3 Å². The molecule has 0 bridgehead atoms. The lowest BCUT2D eigenvalue weighted by atomic mass is 9.87. The molecule has 6 atom stereocenters. The number of amides is 5. The molecule has 348 valence electrons. The minimum atomic E-state index is -0.913. The number of aromatic amines is 1. The summed E-state index contributed by atoms with van der Waals surface area (Å²) in [5, 5.41) is 7.83. The van der Waals surface area contributed by atoms with E-state index in [2.05, 4.69) is 118 Å². The van der Waals surface area contributed by atoms with Gasteiger partial charge in [-0.05, 0) is 109 Å². The van der Waals surface area contributed by atoms with Crippen LogP contribution in [-0.4, -0.2) is 90.2 Å². The molecule has 15 heteroatoms. The van der Waals surface area contributed by atoms with Crippen molar-refractivity contribution in [3.8, 4) is 0 Å². The van der Waals surface area contributed by atoms with Crippen LogP contribution in [0.2, 0.25) is 0 Å². The number of hydrogen-bond acceptors (Lipinski definition) is 10. The fraction of sp³-hybridized carbons (Fsp3) is 0.520. The Morgan fingerprint density at radius 1 is 0.708 bits per heavy atom. The number of ether oxygens (including phenoxy) is 2. The molecule has 4 N–H and O–H groups in total. The van der Waals surface area contributed by atoms with Gasteiger partial charge in [0.15, 0.2) is 0 Å². The summed E-state index contributed by atoms with van der Waals surface area (Å²) >= 11 is 0. The van der Waals surface area contributed by atoms with E-state index in [4.69, 9.17) is 14.5 Å². The average Bonchev–Trinajstić information content (AvgIpc) is 4.12. The molecule has 3 aliphatic heterocycles. The topological polar surface area (TPSA) is 178 Å². The van der Waals surface area contributed by atoms with Gasteiger partial charge in [-0.1, -0.05) is 78.8 Å². The molecule has 15 nitrogen and oxygen atoms in total. The molecule has 0 radical (unpaired) electrons. The Kier molecular flexibility index (Phi) is 14.1. The third-order valence-electron chi connectivity index (χ3n) is 13.4. The van der Waals surface area contributed by atoms with Crippen LogP contribution >= 0.6 is 0 Å². The maximum atomic E-state index is 13.9. The summed E-state index contributed by atoms with van der Waals surface area (Å²) in [7, 11) is 2.53. The third kappa shape index (κ3) is 10.1. The van der Waals surface area contributed by atoms with Crippen molar-refractivity contribution in [3.05, 3.63) is 89.2 Å². The maximum absolute atomic E-state index is 13.9. The number of carbonyl (C=O) groups excluding carboxylic acids is 5. The van der Waals surface area contributed by atoms with Gasteiger partial charge in [0.2, 0.25) is 17.7 Å². The fourth-order valence-electron chi connectivity index (χ4n) is 9.80. The van der Waals surface area contributed by atoms with Crippen molar-refractivity contribution >= 4 is 52.3 Å². The van der Waals surface area contributed by atoms with Gasteiger partial charge in [-0.25, -0.2) is 14.6 Å². The first-order valence-electron chi connectivity index (χ1n) is 23.1. The Morgan fingerprint density at radius 3 is 1.91 bits per heavy atom. The number of carbonyl (C=O) groups is 5. The van der Waals surface area contributed by atoms with E-state index in [0.29, 0.717) is 19.5 Å². The number of imidazole rings is 1. The lowest BCUT2D eigenvalue weighted by Gasteiger charge is -2.34. The number of fused-ring (bicyclic) bond motifs is 1. The van der Waals surface area contributed by atoms with Crippen LogP contribution in [0.25, 0.3) is 11.0 Å². The van der Waals surface area contributed by atoms with Crippen molar-refractivity contribution in [2.45, 2.75) is 129 Å². The number of anilines is 2. The van der Waals surface area contributed by atoms with Crippen LogP contribution in [0.4, 0.5) is 21.0 Å². The molecular weight excluding hydrogens is 825 g/mol. The van der Waals surface area contributed by atoms with Crippen molar-refractivity contribution in [3.63, 3.8) is 0 Å². The van der Waals surface area contributed by atoms with E-state index in [0.717, 1.165) is 71.5 Å². The highest BCUT2D eigenvalue weighted by Crippen LogP contribution is 2.48. The monoisotopic (exact) mass is 891 g/mol. The van der Waals surface area contributed by atoms with E-state index in [1.807, 2.05) is 18.7 Å². The summed E-state index contributed by atoms with van der Waals surface area (Å²) in [4.78, 5) is 79.7. The fourth-order valence-corrected chi connectivity index (χ4v) is 9.80. The summed E-state index contributed by atoms with van der Waals surface area (Å²) in [5.41, 5.74) is 7.36. The van der Waals surface area contributed by atoms with Crippen molar-refractivity contribution in [1.29, 1.82) is 0 Å². The van der Waals surface area contributed by atoms with Gasteiger partial charge in [0.25, 0.3) is 0 Å². The molecular formula is C50H66N8O7. The van der Waals surface area contributed by atoms with Crippen LogP contribution in [0.5, 0.6) is 0 Å². The predicted octanol–water partition coefficient (Wildman–Crippen LogP) is 7.98. The molecule has 0 spiro atoms. The van der Waals surface area contributed by atoms with E-state index >= 15 is 0 Å². The van der Waals surface area contributed by atoms with Crippen LogP contribution < -0.4 is 25.8 Å². The van der Waals surface area contributed by atoms with Crippen molar-refractivity contribution in [2.75, 3.05) is 37.1 Å². The summed E-state index contributed by atoms with van der Waals surface area (Å²) < 4.78 is 9.52. The van der Waals surface area contributed by atoms with Gasteiger partial charge >= 0.3 is 12.2 Å². The number of benzene rings is 3. The highest BCUT2D eigenvalue weighted by molar-refractivity contribution is 6.02. The van der Waals surface area contributed by atoms with Crippen molar-refractivity contribution < 1.29 is 33.4 Å². The molecule has 1 aromatic heterocycles. The zero-order chi connectivity index (χ0) is 46.7. The minimum absolute atomic E-state index is 0.00229. The number of aromatic nitrogens is 2. The molecule has 5 amide bonds. The second-order valence-electron chi connectivity index (χ2n) is 19.4. The summed E-state index contributed by atoms with van der Waals surface area (Å²) in [6.45, 7) is 15.3. The van der Waals surface area contributed by atoms with Gasteiger partial charge in [-0.15, -0.1) is 0 Å². The summed E-state index contributed by atoms with van der Waals surface area (Å²) in [6, 6.07) is 21.6. The normalized spacial score (nSPS) is 20.9. The van der Waals surface area contributed by atoms with Gasteiger partial charge in [0, 0.05) is 24.5 Å². The number of hydrogen-bond donors (Lipinski definition) is 4. The van der Waals surface area contributed by atoms with E-state index in [9.17, 15) is 24.0 Å². The highest BCUT2D eigenvalue weighted by atomic mass is 16.5. The smallest absolute Gasteiger partial charge is 0.407 e. The molecule has 0 unspecified atom stereocenters. The Balaban J connectivity index is 1.13. The van der Waals surface area contributed by atoms with E-state index in [1.54, 1.807) is 13.8 Å². The molecule has 3 aliphatic rings. The van der Waals surface area contributed by atoms with Crippen LogP contribution in [0.1, 0.15) is 128 Å². The van der Waals surface area contributed by atoms with Crippen molar-refractivity contribution in [2.24, 2.45) is 11.8 Å². The number of alkyl carbamates (subject to hydrolysis) is 2. The minimum Gasteiger partial charge on any atom is -0.453 e.